The van der Waals surface area contributed by atoms with Gasteiger partial charge in [-0.1, -0.05) is 11.6 Å². The number of aliphatic hydroxyl groups is 1. The van der Waals surface area contributed by atoms with Crippen LogP contribution in [0.25, 0.3) is 11.3 Å². The summed E-state index contributed by atoms with van der Waals surface area (Å²) in [7, 11) is 0. The van der Waals surface area contributed by atoms with Crippen molar-refractivity contribution in [3.8, 4) is 11.3 Å². The summed E-state index contributed by atoms with van der Waals surface area (Å²) in [6.07, 6.45) is -4.51. The molecular formula is C12H8ClF3O2. The maximum Gasteiger partial charge on any atom is 0.417 e. The fraction of sp³-hybridized carbons (Fsp3) is 0.167. The van der Waals surface area contributed by atoms with Crippen LogP contribution in [0.15, 0.2) is 34.7 Å². The molecule has 0 saturated heterocycles. The van der Waals surface area contributed by atoms with E-state index in [0.29, 0.717) is 0 Å². The Morgan fingerprint density at radius 1 is 1.17 bits per heavy atom. The zero-order chi connectivity index (χ0) is 13.3. The first-order chi connectivity index (χ1) is 8.41. The van der Waals surface area contributed by atoms with Crippen molar-refractivity contribution in [3.63, 3.8) is 0 Å². The minimum Gasteiger partial charge on any atom is -0.459 e. The molecule has 18 heavy (non-hydrogen) atoms. The van der Waals surface area contributed by atoms with Crippen molar-refractivity contribution in [2.75, 3.05) is 0 Å². The average Bonchev–Trinajstić information content (AvgIpc) is 2.76. The number of alkyl halides is 3. The fourth-order valence-electron chi connectivity index (χ4n) is 1.51. The molecule has 0 aliphatic carbocycles. The smallest absolute Gasteiger partial charge is 0.417 e. The second-order valence-electron chi connectivity index (χ2n) is 3.62. The average molecular weight is 277 g/mol. The fourth-order valence-corrected chi connectivity index (χ4v) is 1.74. The van der Waals surface area contributed by atoms with Gasteiger partial charge in [-0.25, -0.2) is 0 Å². The van der Waals surface area contributed by atoms with Crippen LogP contribution in [0.2, 0.25) is 5.02 Å². The predicted octanol–water partition coefficient (Wildman–Crippen LogP) is 4.11. The van der Waals surface area contributed by atoms with Crippen molar-refractivity contribution in [3.05, 3.63) is 46.7 Å². The Morgan fingerprint density at radius 2 is 1.89 bits per heavy atom. The molecule has 2 rings (SSSR count). The van der Waals surface area contributed by atoms with Crippen LogP contribution >= 0.6 is 11.6 Å². The lowest BCUT2D eigenvalue weighted by atomic mass is 10.1. The van der Waals surface area contributed by atoms with Gasteiger partial charge in [0.05, 0.1) is 10.6 Å². The molecule has 6 heteroatoms. The Morgan fingerprint density at radius 3 is 2.44 bits per heavy atom. The van der Waals surface area contributed by atoms with E-state index >= 15 is 0 Å². The lowest BCUT2D eigenvalue weighted by Crippen LogP contribution is -2.05. The minimum absolute atomic E-state index is 0.251. The number of aliphatic hydroxyl groups excluding tert-OH is 1. The summed E-state index contributed by atoms with van der Waals surface area (Å²) in [5.41, 5.74) is -0.657. The summed E-state index contributed by atoms with van der Waals surface area (Å²) < 4.78 is 43.1. The van der Waals surface area contributed by atoms with Crippen LogP contribution in [-0.4, -0.2) is 5.11 Å². The molecule has 0 bridgehead atoms. The lowest BCUT2D eigenvalue weighted by Gasteiger charge is -2.09. The summed E-state index contributed by atoms with van der Waals surface area (Å²) in [6.45, 7) is -0.306. The molecule has 2 aromatic rings. The van der Waals surface area contributed by atoms with E-state index in [2.05, 4.69) is 0 Å². The summed E-state index contributed by atoms with van der Waals surface area (Å²) in [5, 5.41) is 8.47. The van der Waals surface area contributed by atoms with Crippen LogP contribution in [0.1, 0.15) is 11.3 Å². The Hall–Kier alpha value is -1.46. The quantitative estimate of drug-likeness (QED) is 0.895. The van der Waals surface area contributed by atoms with E-state index in [1.54, 1.807) is 0 Å². The highest BCUT2D eigenvalue weighted by molar-refractivity contribution is 6.31. The van der Waals surface area contributed by atoms with Crippen LogP contribution in [-0.2, 0) is 12.8 Å². The molecule has 0 fully saturated rings. The Labute approximate surface area is 106 Å². The Bertz CT molecular complexity index is 561. The number of halogens is 4. The van der Waals surface area contributed by atoms with E-state index in [1.165, 1.54) is 24.3 Å². The van der Waals surface area contributed by atoms with E-state index in [-0.39, 0.29) is 28.7 Å². The minimum atomic E-state index is -4.51. The molecule has 1 heterocycles. The van der Waals surface area contributed by atoms with E-state index in [4.69, 9.17) is 21.1 Å². The highest BCUT2D eigenvalue weighted by Crippen LogP contribution is 2.37. The van der Waals surface area contributed by atoms with Gasteiger partial charge in [0.1, 0.15) is 18.1 Å². The Kier molecular flexibility index (Phi) is 3.36. The lowest BCUT2D eigenvalue weighted by molar-refractivity contribution is -0.137. The number of rotatable bonds is 2. The number of furan rings is 1. The van der Waals surface area contributed by atoms with Crippen LogP contribution in [0, 0.1) is 0 Å². The predicted molar refractivity (Wildman–Crippen MR) is 60.1 cm³/mol. The molecule has 0 atom stereocenters. The van der Waals surface area contributed by atoms with Gasteiger partial charge in [0, 0.05) is 5.56 Å². The topological polar surface area (TPSA) is 33.4 Å². The SMILES string of the molecule is OCc1ccc(-c2ccc(Cl)c(C(F)(F)F)c2)o1. The maximum absolute atomic E-state index is 12.7. The number of hydrogen-bond acceptors (Lipinski definition) is 2. The monoisotopic (exact) mass is 276 g/mol. The first-order valence-corrected chi connectivity index (χ1v) is 5.36. The largest absolute Gasteiger partial charge is 0.459 e. The molecule has 0 radical (unpaired) electrons. The van der Waals surface area contributed by atoms with Crippen LogP contribution in [0.5, 0.6) is 0 Å². The zero-order valence-corrected chi connectivity index (χ0v) is 9.72. The van der Waals surface area contributed by atoms with Gasteiger partial charge in [-0.3, -0.25) is 0 Å². The van der Waals surface area contributed by atoms with Crippen molar-refractivity contribution < 1.29 is 22.7 Å². The third-order valence-corrected chi connectivity index (χ3v) is 2.70. The van der Waals surface area contributed by atoms with Gasteiger partial charge in [0.2, 0.25) is 0 Å². The van der Waals surface area contributed by atoms with Gasteiger partial charge in [0.15, 0.2) is 0 Å². The van der Waals surface area contributed by atoms with Crippen molar-refractivity contribution in [2.45, 2.75) is 12.8 Å². The van der Waals surface area contributed by atoms with E-state index in [9.17, 15) is 13.2 Å². The summed E-state index contributed by atoms with van der Waals surface area (Å²) in [4.78, 5) is 0. The van der Waals surface area contributed by atoms with Gasteiger partial charge in [-0.05, 0) is 30.3 Å². The van der Waals surface area contributed by atoms with Crippen LogP contribution < -0.4 is 0 Å². The second-order valence-corrected chi connectivity index (χ2v) is 4.02. The molecule has 0 amide bonds. The van der Waals surface area contributed by atoms with Crippen molar-refractivity contribution in [1.82, 2.24) is 0 Å². The third-order valence-electron chi connectivity index (χ3n) is 2.37. The van der Waals surface area contributed by atoms with Gasteiger partial charge < -0.3 is 9.52 Å². The summed E-state index contributed by atoms with van der Waals surface area (Å²) in [5.74, 6) is 0.537. The first-order valence-electron chi connectivity index (χ1n) is 4.98. The van der Waals surface area contributed by atoms with E-state index < -0.39 is 11.7 Å². The number of hydrogen-bond donors (Lipinski definition) is 1. The van der Waals surface area contributed by atoms with E-state index in [0.717, 1.165) is 6.07 Å². The van der Waals surface area contributed by atoms with Gasteiger partial charge in [-0.15, -0.1) is 0 Å². The standard InChI is InChI=1S/C12H8ClF3O2/c13-10-3-1-7(5-9(10)12(14,15)16)11-4-2-8(6-17)18-11/h1-5,17H,6H2. The Balaban J connectivity index is 2.47. The molecule has 1 N–H and O–H groups in total. The molecule has 1 aromatic carbocycles. The highest BCUT2D eigenvalue weighted by Gasteiger charge is 2.33. The van der Waals surface area contributed by atoms with Gasteiger partial charge in [-0.2, -0.15) is 13.2 Å². The van der Waals surface area contributed by atoms with Crippen molar-refractivity contribution in [2.24, 2.45) is 0 Å². The summed E-state index contributed by atoms with van der Waals surface area (Å²) in [6, 6.07) is 6.51. The molecular weight excluding hydrogens is 269 g/mol. The van der Waals surface area contributed by atoms with E-state index in [1.807, 2.05) is 0 Å². The molecule has 0 unspecified atom stereocenters. The zero-order valence-electron chi connectivity index (χ0n) is 8.96. The van der Waals surface area contributed by atoms with Gasteiger partial charge in [0.25, 0.3) is 0 Å². The van der Waals surface area contributed by atoms with Crippen LogP contribution in [0.3, 0.4) is 0 Å². The molecule has 0 spiro atoms. The van der Waals surface area contributed by atoms with Crippen molar-refractivity contribution in [1.29, 1.82) is 0 Å². The maximum atomic E-state index is 12.7. The molecule has 0 saturated carbocycles. The number of benzene rings is 1. The molecule has 1 aromatic heterocycles. The highest BCUT2D eigenvalue weighted by atomic mass is 35.5. The van der Waals surface area contributed by atoms with Crippen molar-refractivity contribution >= 4 is 11.6 Å². The molecule has 0 aliphatic rings. The van der Waals surface area contributed by atoms with Crippen LogP contribution in [0.4, 0.5) is 13.2 Å². The second kappa shape index (κ2) is 4.66. The third kappa shape index (κ3) is 2.52. The normalized spacial score (nSPS) is 11.8. The molecule has 0 aliphatic heterocycles. The molecule has 96 valence electrons. The van der Waals surface area contributed by atoms with Gasteiger partial charge >= 0.3 is 6.18 Å². The first kappa shape index (κ1) is 13.0. The molecule has 2 nitrogen and oxygen atoms in total. The summed E-state index contributed by atoms with van der Waals surface area (Å²) >= 11 is 5.51.